The highest BCUT2D eigenvalue weighted by molar-refractivity contribution is 5.95. The van der Waals surface area contributed by atoms with Gasteiger partial charge in [0.05, 0.1) is 25.5 Å². The van der Waals surface area contributed by atoms with E-state index in [0.717, 1.165) is 11.3 Å². The summed E-state index contributed by atoms with van der Waals surface area (Å²) in [5, 5.41) is 12.3. The maximum absolute atomic E-state index is 11.3. The van der Waals surface area contributed by atoms with Gasteiger partial charge in [0.25, 0.3) is 0 Å². The summed E-state index contributed by atoms with van der Waals surface area (Å²) in [6.07, 6.45) is 0. The molecule has 2 N–H and O–H groups in total. The van der Waals surface area contributed by atoms with E-state index >= 15 is 0 Å². The number of rotatable bonds is 5. The monoisotopic (exact) mass is 287 g/mol. The number of ether oxygens (including phenoxy) is 2. The molecule has 0 aromatic heterocycles. The molecule has 0 spiro atoms. The maximum atomic E-state index is 11.3. The van der Waals surface area contributed by atoms with Crippen LogP contribution in [0.5, 0.6) is 11.5 Å². The van der Waals surface area contributed by atoms with Crippen molar-refractivity contribution in [2.24, 2.45) is 0 Å². The Morgan fingerprint density at radius 1 is 1.05 bits per heavy atom. The van der Waals surface area contributed by atoms with Crippen molar-refractivity contribution in [3.8, 4) is 11.5 Å². The van der Waals surface area contributed by atoms with E-state index in [2.05, 4.69) is 5.32 Å². The molecule has 0 heterocycles. The lowest BCUT2D eigenvalue weighted by atomic mass is 10.1. The molecule has 2 rings (SSSR count). The van der Waals surface area contributed by atoms with Gasteiger partial charge in [-0.3, -0.25) is 0 Å². The molecule has 21 heavy (non-hydrogen) atoms. The number of methoxy groups -OCH3 is 2. The van der Waals surface area contributed by atoms with Crippen LogP contribution in [-0.4, -0.2) is 25.3 Å². The molecule has 0 radical (unpaired) electrons. The van der Waals surface area contributed by atoms with Crippen LogP contribution in [-0.2, 0) is 0 Å². The SMILES string of the molecule is COc1ccc(Nc2cc(C)ccc2C(=O)O)cc1OC. The molecule has 0 atom stereocenters. The van der Waals surface area contributed by atoms with Crippen LogP contribution < -0.4 is 14.8 Å². The average Bonchev–Trinajstić information content (AvgIpc) is 2.46. The van der Waals surface area contributed by atoms with Crippen molar-refractivity contribution in [1.82, 2.24) is 0 Å². The smallest absolute Gasteiger partial charge is 0.337 e. The fourth-order valence-corrected chi connectivity index (χ4v) is 2.02. The fraction of sp³-hybridized carbons (Fsp3) is 0.188. The zero-order valence-electron chi connectivity index (χ0n) is 12.1. The number of aromatic carboxylic acids is 1. The van der Waals surface area contributed by atoms with Gasteiger partial charge in [-0.25, -0.2) is 4.79 Å². The third-order valence-corrected chi connectivity index (χ3v) is 3.07. The van der Waals surface area contributed by atoms with Crippen LogP contribution in [0.2, 0.25) is 0 Å². The number of carboxylic acids is 1. The second-order valence-corrected chi connectivity index (χ2v) is 4.55. The van der Waals surface area contributed by atoms with E-state index < -0.39 is 5.97 Å². The Morgan fingerprint density at radius 2 is 1.76 bits per heavy atom. The predicted molar refractivity (Wildman–Crippen MR) is 81.0 cm³/mol. The lowest BCUT2D eigenvalue weighted by molar-refractivity contribution is 0.0698. The maximum Gasteiger partial charge on any atom is 0.337 e. The van der Waals surface area contributed by atoms with E-state index in [1.54, 1.807) is 50.6 Å². The molecular weight excluding hydrogens is 270 g/mol. The molecule has 0 unspecified atom stereocenters. The Labute approximate surface area is 123 Å². The summed E-state index contributed by atoms with van der Waals surface area (Å²) >= 11 is 0. The summed E-state index contributed by atoms with van der Waals surface area (Å²) in [4.78, 5) is 11.3. The van der Waals surface area contributed by atoms with Crippen LogP contribution in [0, 0.1) is 6.92 Å². The van der Waals surface area contributed by atoms with Crippen molar-refractivity contribution in [3.05, 3.63) is 47.5 Å². The van der Waals surface area contributed by atoms with Crippen LogP contribution in [0.25, 0.3) is 0 Å². The Morgan fingerprint density at radius 3 is 2.38 bits per heavy atom. The molecule has 5 heteroatoms. The molecule has 0 aliphatic rings. The van der Waals surface area contributed by atoms with E-state index in [9.17, 15) is 9.90 Å². The van der Waals surface area contributed by atoms with Crippen LogP contribution in [0.1, 0.15) is 15.9 Å². The first-order chi connectivity index (χ1) is 10.0. The Balaban J connectivity index is 2.38. The number of nitrogens with one attached hydrogen (secondary N) is 1. The van der Waals surface area contributed by atoms with Gasteiger partial charge in [0.15, 0.2) is 11.5 Å². The van der Waals surface area contributed by atoms with Gasteiger partial charge in [-0.1, -0.05) is 6.07 Å². The van der Waals surface area contributed by atoms with Crippen LogP contribution in [0.4, 0.5) is 11.4 Å². The van der Waals surface area contributed by atoms with Crippen molar-refractivity contribution in [3.63, 3.8) is 0 Å². The van der Waals surface area contributed by atoms with Gasteiger partial charge in [0.1, 0.15) is 0 Å². The van der Waals surface area contributed by atoms with Gasteiger partial charge in [0, 0.05) is 11.8 Å². The van der Waals surface area contributed by atoms with Gasteiger partial charge in [-0.2, -0.15) is 0 Å². The second kappa shape index (κ2) is 6.17. The third kappa shape index (κ3) is 3.25. The quantitative estimate of drug-likeness (QED) is 0.881. The molecule has 0 saturated carbocycles. The first-order valence-corrected chi connectivity index (χ1v) is 6.38. The molecule has 2 aromatic carbocycles. The summed E-state index contributed by atoms with van der Waals surface area (Å²) in [7, 11) is 3.12. The standard InChI is InChI=1S/C16H17NO4/c1-10-4-6-12(16(18)19)13(8-10)17-11-5-7-14(20-2)15(9-11)21-3/h4-9,17H,1-3H3,(H,18,19). The Bertz CT molecular complexity index is 667. The molecule has 0 fully saturated rings. The molecule has 5 nitrogen and oxygen atoms in total. The van der Waals surface area contributed by atoms with Crippen molar-refractivity contribution in [2.75, 3.05) is 19.5 Å². The molecule has 2 aromatic rings. The van der Waals surface area contributed by atoms with Gasteiger partial charge in [0.2, 0.25) is 0 Å². The molecular formula is C16H17NO4. The first-order valence-electron chi connectivity index (χ1n) is 6.38. The van der Waals surface area contributed by atoms with Gasteiger partial charge >= 0.3 is 5.97 Å². The zero-order chi connectivity index (χ0) is 15.4. The number of hydrogen-bond acceptors (Lipinski definition) is 4. The van der Waals surface area contributed by atoms with E-state index in [1.807, 2.05) is 6.92 Å². The first kappa shape index (κ1) is 14.7. The predicted octanol–water partition coefficient (Wildman–Crippen LogP) is 3.45. The highest BCUT2D eigenvalue weighted by Crippen LogP contribution is 2.32. The number of hydrogen-bond donors (Lipinski definition) is 2. The second-order valence-electron chi connectivity index (χ2n) is 4.55. The third-order valence-electron chi connectivity index (χ3n) is 3.07. The highest BCUT2D eigenvalue weighted by atomic mass is 16.5. The summed E-state index contributed by atoms with van der Waals surface area (Å²) < 4.78 is 10.4. The minimum atomic E-state index is -0.974. The Hall–Kier alpha value is -2.69. The average molecular weight is 287 g/mol. The molecule has 0 saturated heterocycles. The number of aryl methyl sites for hydroxylation is 1. The molecule has 0 aliphatic heterocycles. The molecule has 0 bridgehead atoms. The van der Waals surface area contributed by atoms with Gasteiger partial charge in [-0.15, -0.1) is 0 Å². The van der Waals surface area contributed by atoms with Crippen molar-refractivity contribution in [2.45, 2.75) is 6.92 Å². The van der Waals surface area contributed by atoms with Gasteiger partial charge < -0.3 is 19.9 Å². The highest BCUT2D eigenvalue weighted by Gasteiger charge is 2.11. The normalized spacial score (nSPS) is 10.0. The Kier molecular flexibility index (Phi) is 4.33. The summed E-state index contributed by atoms with van der Waals surface area (Å²) in [6, 6.07) is 10.5. The van der Waals surface area contributed by atoms with E-state index in [-0.39, 0.29) is 5.56 Å². The van der Waals surface area contributed by atoms with Crippen molar-refractivity contribution >= 4 is 17.3 Å². The number of anilines is 2. The lowest BCUT2D eigenvalue weighted by Gasteiger charge is -2.13. The largest absolute Gasteiger partial charge is 0.493 e. The minimum absolute atomic E-state index is 0.218. The van der Waals surface area contributed by atoms with Gasteiger partial charge in [-0.05, 0) is 36.8 Å². The molecule has 110 valence electrons. The van der Waals surface area contributed by atoms with Crippen LogP contribution in [0.15, 0.2) is 36.4 Å². The van der Waals surface area contributed by atoms with Crippen LogP contribution >= 0.6 is 0 Å². The molecule has 0 aliphatic carbocycles. The lowest BCUT2D eigenvalue weighted by Crippen LogP contribution is -2.03. The van der Waals surface area contributed by atoms with E-state index in [1.165, 1.54) is 0 Å². The number of carboxylic acid groups (broad SMARTS) is 1. The molecule has 0 amide bonds. The summed E-state index contributed by atoms with van der Waals surface area (Å²) in [5.74, 6) is 0.218. The van der Waals surface area contributed by atoms with E-state index in [0.29, 0.717) is 17.2 Å². The summed E-state index contributed by atoms with van der Waals surface area (Å²) in [5.41, 5.74) is 2.45. The topological polar surface area (TPSA) is 67.8 Å². The van der Waals surface area contributed by atoms with E-state index in [4.69, 9.17) is 9.47 Å². The number of benzene rings is 2. The van der Waals surface area contributed by atoms with Crippen molar-refractivity contribution < 1.29 is 19.4 Å². The fourth-order valence-electron chi connectivity index (χ4n) is 2.02. The minimum Gasteiger partial charge on any atom is -0.493 e. The zero-order valence-corrected chi connectivity index (χ0v) is 12.1. The van der Waals surface area contributed by atoms with Crippen LogP contribution in [0.3, 0.4) is 0 Å². The number of carbonyl (C=O) groups is 1. The van der Waals surface area contributed by atoms with Crippen molar-refractivity contribution in [1.29, 1.82) is 0 Å². The summed E-state index contributed by atoms with van der Waals surface area (Å²) in [6.45, 7) is 1.91.